The van der Waals surface area contributed by atoms with E-state index in [0.29, 0.717) is 0 Å². The van der Waals surface area contributed by atoms with Crippen molar-refractivity contribution in [2.75, 3.05) is 4.90 Å². The van der Waals surface area contributed by atoms with Gasteiger partial charge in [0, 0.05) is 44.2 Å². The first kappa shape index (κ1) is 32.8. The lowest BCUT2D eigenvalue weighted by Gasteiger charge is -2.28. The molecule has 0 saturated heterocycles. The number of aromatic nitrogens is 1. The highest BCUT2D eigenvalue weighted by molar-refractivity contribution is 6.12. The fraction of sp³-hybridized carbons (Fsp3) is 0. The summed E-state index contributed by atoms with van der Waals surface area (Å²) in [5.41, 5.74) is 15.6. The predicted octanol–water partition coefficient (Wildman–Crippen LogP) is 15.2. The number of hydrogen-bond donors (Lipinski definition) is 0. The minimum atomic E-state index is 0.902. The molecule has 0 aliphatic carbocycles. The Morgan fingerprint density at radius 2 is 0.860 bits per heavy atom. The number of benzene rings is 9. The Balaban J connectivity index is 1.13. The molecule has 0 aliphatic rings. The van der Waals surface area contributed by atoms with Crippen LogP contribution in [0.15, 0.2) is 223 Å². The SMILES string of the molecule is c1ccc(-c2ccc(N(c3ccc4c(c3)c3cc(-c5ccc6oc7ccccc7c6c5)ccc3n4-c3ccccc3)c3ccccc3-c3ccccc3)cc2)cc1. The number of para-hydroxylation sites is 3. The Kier molecular flexibility index (Phi) is 7.82. The molecule has 11 rings (SSSR count). The number of furan rings is 1. The lowest BCUT2D eigenvalue weighted by Crippen LogP contribution is -2.11. The van der Waals surface area contributed by atoms with Crippen molar-refractivity contribution in [1.29, 1.82) is 0 Å². The highest BCUT2D eigenvalue weighted by atomic mass is 16.3. The van der Waals surface area contributed by atoms with Crippen molar-refractivity contribution in [3.63, 3.8) is 0 Å². The Morgan fingerprint density at radius 3 is 1.63 bits per heavy atom. The average Bonchev–Trinajstić information content (AvgIpc) is 3.82. The Morgan fingerprint density at radius 1 is 0.333 bits per heavy atom. The van der Waals surface area contributed by atoms with Crippen molar-refractivity contribution in [2.24, 2.45) is 0 Å². The second-order valence-electron chi connectivity index (χ2n) is 14.5. The quantitative estimate of drug-likeness (QED) is 0.163. The molecule has 0 saturated carbocycles. The van der Waals surface area contributed by atoms with Gasteiger partial charge in [0.15, 0.2) is 0 Å². The fourth-order valence-electron chi connectivity index (χ4n) is 8.48. The van der Waals surface area contributed by atoms with Gasteiger partial charge in [0.25, 0.3) is 0 Å². The summed E-state index contributed by atoms with van der Waals surface area (Å²) in [5.74, 6) is 0. The minimum Gasteiger partial charge on any atom is -0.456 e. The van der Waals surface area contributed by atoms with Crippen molar-refractivity contribution < 1.29 is 4.42 Å². The van der Waals surface area contributed by atoms with Gasteiger partial charge in [0.05, 0.1) is 16.7 Å². The van der Waals surface area contributed by atoms with Crippen molar-refractivity contribution >= 4 is 60.8 Å². The summed E-state index contributed by atoms with van der Waals surface area (Å²) < 4.78 is 8.58. The highest BCUT2D eigenvalue weighted by Gasteiger charge is 2.21. The van der Waals surface area contributed by atoms with E-state index in [1.54, 1.807) is 0 Å². The summed E-state index contributed by atoms with van der Waals surface area (Å²) in [6.45, 7) is 0. The predicted molar refractivity (Wildman–Crippen MR) is 239 cm³/mol. The maximum atomic E-state index is 6.19. The van der Waals surface area contributed by atoms with E-state index in [-0.39, 0.29) is 0 Å². The minimum absolute atomic E-state index is 0.902. The molecule has 0 radical (unpaired) electrons. The molecule has 0 N–H and O–H groups in total. The van der Waals surface area contributed by atoms with Crippen molar-refractivity contribution in [3.05, 3.63) is 218 Å². The molecule has 3 heteroatoms. The molecule has 11 aromatic rings. The topological polar surface area (TPSA) is 21.3 Å². The van der Waals surface area contributed by atoms with E-state index in [9.17, 15) is 0 Å². The van der Waals surface area contributed by atoms with Gasteiger partial charge >= 0.3 is 0 Å². The summed E-state index contributed by atoms with van der Waals surface area (Å²) in [5, 5.41) is 4.64. The first-order chi connectivity index (χ1) is 28.3. The van der Waals surface area contributed by atoms with Crippen LogP contribution >= 0.6 is 0 Å². The van der Waals surface area contributed by atoms with E-state index < -0.39 is 0 Å². The summed E-state index contributed by atoms with van der Waals surface area (Å²) in [7, 11) is 0. The maximum absolute atomic E-state index is 6.19. The van der Waals surface area contributed by atoms with E-state index in [1.807, 2.05) is 12.1 Å². The van der Waals surface area contributed by atoms with Gasteiger partial charge in [0.1, 0.15) is 11.2 Å². The number of rotatable bonds is 7. The number of hydrogen-bond acceptors (Lipinski definition) is 2. The van der Waals surface area contributed by atoms with Crippen molar-refractivity contribution in [1.82, 2.24) is 4.57 Å². The van der Waals surface area contributed by atoms with Crippen LogP contribution in [0.1, 0.15) is 0 Å². The zero-order valence-corrected chi connectivity index (χ0v) is 31.1. The van der Waals surface area contributed by atoms with E-state index >= 15 is 0 Å². The van der Waals surface area contributed by atoms with Crippen LogP contribution < -0.4 is 4.90 Å². The molecule has 0 bridgehead atoms. The molecule has 0 fully saturated rings. The molecule has 0 spiro atoms. The molecule has 9 aromatic carbocycles. The third-order valence-corrected chi connectivity index (χ3v) is 11.2. The lowest BCUT2D eigenvalue weighted by atomic mass is 9.99. The monoisotopic (exact) mass is 728 g/mol. The molecule has 0 atom stereocenters. The summed E-state index contributed by atoms with van der Waals surface area (Å²) in [6.07, 6.45) is 0. The molecule has 2 aromatic heterocycles. The number of fused-ring (bicyclic) bond motifs is 6. The summed E-state index contributed by atoms with van der Waals surface area (Å²) in [4.78, 5) is 2.41. The fourth-order valence-corrected chi connectivity index (χ4v) is 8.48. The van der Waals surface area contributed by atoms with Gasteiger partial charge in [-0.3, -0.25) is 0 Å². The van der Waals surface area contributed by atoms with E-state index in [1.165, 1.54) is 33.0 Å². The molecule has 0 amide bonds. The van der Waals surface area contributed by atoms with Crippen LogP contribution in [0.4, 0.5) is 17.1 Å². The van der Waals surface area contributed by atoms with Gasteiger partial charge in [-0.05, 0) is 107 Å². The first-order valence-electron chi connectivity index (χ1n) is 19.4. The summed E-state index contributed by atoms with van der Waals surface area (Å²) >= 11 is 0. The first-order valence-corrected chi connectivity index (χ1v) is 19.4. The van der Waals surface area contributed by atoms with Crippen LogP contribution in [-0.4, -0.2) is 4.57 Å². The Labute approximate surface area is 330 Å². The molecule has 57 heavy (non-hydrogen) atoms. The van der Waals surface area contributed by atoms with E-state index in [4.69, 9.17) is 4.42 Å². The Hall–Kier alpha value is -7.62. The van der Waals surface area contributed by atoms with Crippen LogP contribution in [0, 0.1) is 0 Å². The third kappa shape index (κ3) is 5.68. The van der Waals surface area contributed by atoms with Gasteiger partial charge in [0.2, 0.25) is 0 Å². The number of nitrogens with zero attached hydrogens (tertiary/aromatic N) is 2. The Bertz CT molecular complexity index is 3220. The van der Waals surface area contributed by atoms with Gasteiger partial charge in [-0.2, -0.15) is 0 Å². The van der Waals surface area contributed by atoms with Gasteiger partial charge in [-0.1, -0.05) is 140 Å². The average molecular weight is 729 g/mol. The van der Waals surface area contributed by atoms with E-state index in [0.717, 1.165) is 66.8 Å². The van der Waals surface area contributed by atoms with Crippen molar-refractivity contribution in [2.45, 2.75) is 0 Å². The highest BCUT2D eigenvalue weighted by Crippen LogP contribution is 2.44. The normalized spacial score (nSPS) is 11.5. The van der Waals surface area contributed by atoms with Crippen LogP contribution in [-0.2, 0) is 0 Å². The van der Waals surface area contributed by atoms with Crippen LogP contribution in [0.3, 0.4) is 0 Å². The molecule has 0 unspecified atom stereocenters. The molecule has 3 nitrogen and oxygen atoms in total. The molecule has 268 valence electrons. The largest absolute Gasteiger partial charge is 0.456 e. The second-order valence-corrected chi connectivity index (χ2v) is 14.5. The van der Waals surface area contributed by atoms with Gasteiger partial charge in [-0.25, -0.2) is 0 Å². The van der Waals surface area contributed by atoms with Crippen LogP contribution in [0.25, 0.3) is 82.8 Å². The lowest BCUT2D eigenvalue weighted by molar-refractivity contribution is 0.669. The summed E-state index contributed by atoms with van der Waals surface area (Å²) in [6, 6.07) is 78.3. The molecule has 2 heterocycles. The molecule has 0 aliphatic heterocycles. The van der Waals surface area contributed by atoms with Crippen LogP contribution in [0.2, 0.25) is 0 Å². The van der Waals surface area contributed by atoms with Gasteiger partial charge in [-0.15, -0.1) is 0 Å². The molecular weight excluding hydrogens is 693 g/mol. The number of anilines is 3. The maximum Gasteiger partial charge on any atom is 0.135 e. The third-order valence-electron chi connectivity index (χ3n) is 11.2. The van der Waals surface area contributed by atoms with Crippen molar-refractivity contribution in [3.8, 4) is 39.1 Å². The van der Waals surface area contributed by atoms with E-state index in [2.05, 4.69) is 216 Å². The molecular formula is C54H36N2O. The zero-order valence-electron chi connectivity index (χ0n) is 31.1. The second kappa shape index (κ2) is 13.6. The zero-order chi connectivity index (χ0) is 37.7. The van der Waals surface area contributed by atoms with Gasteiger partial charge < -0.3 is 13.9 Å². The van der Waals surface area contributed by atoms with Crippen LogP contribution in [0.5, 0.6) is 0 Å². The smallest absolute Gasteiger partial charge is 0.135 e. The standard InChI is InChI=1S/C54H36N2O/c1-4-14-37(15-5-1)38-24-28-43(29-25-38)55(50-22-12-10-20-45(50)39-16-6-2-7-17-39)44-30-32-52-48(36-44)47-34-40(26-31-51(47)56(52)42-18-8-3-9-19-42)41-27-33-54-49(35-41)46-21-11-13-23-53(46)57-54/h1-36H.